The standard InChI is InChI=1S/C25H22Cl2N2O2S/c1-3-4-13-29-24(30)23(32-25(29)28-18-8-5-16(2)6-9-18)15-19-10-12-22(31-19)20-14-17(26)7-11-21(20)27/h5-12,14-15H,3-4,13H2,1-2H3/b23-15+,28-25?. The van der Waals surface area contributed by atoms with Gasteiger partial charge in [0.05, 0.1) is 15.6 Å². The molecule has 0 aliphatic carbocycles. The van der Waals surface area contributed by atoms with Gasteiger partial charge in [-0.3, -0.25) is 9.69 Å². The molecule has 1 aliphatic rings. The van der Waals surface area contributed by atoms with Crippen molar-refractivity contribution in [2.75, 3.05) is 6.54 Å². The van der Waals surface area contributed by atoms with Crippen molar-refractivity contribution in [1.82, 2.24) is 4.90 Å². The highest BCUT2D eigenvalue weighted by molar-refractivity contribution is 8.18. The van der Waals surface area contributed by atoms with Gasteiger partial charge in [-0.2, -0.15) is 0 Å². The molecule has 1 aromatic heterocycles. The average Bonchev–Trinajstić information content (AvgIpc) is 3.35. The van der Waals surface area contributed by atoms with E-state index < -0.39 is 0 Å². The number of halogens is 2. The summed E-state index contributed by atoms with van der Waals surface area (Å²) in [6.45, 7) is 4.77. The molecule has 4 nitrogen and oxygen atoms in total. The van der Waals surface area contributed by atoms with E-state index >= 15 is 0 Å². The second kappa shape index (κ2) is 9.99. The molecular formula is C25H22Cl2N2O2S. The van der Waals surface area contributed by atoms with E-state index in [2.05, 4.69) is 6.92 Å². The van der Waals surface area contributed by atoms with Crippen molar-refractivity contribution < 1.29 is 9.21 Å². The van der Waals surface area contributed by atoms with Crippen LogP contribution in [0.15, 0.2) is 68.9 Å². The molecule has 1 aliphatic heterocycles. The van der Waals surface area contributed by atoms with Gasteiger partial charge < -0.3 is 4.42 Å². The number of aryl methyl sites for hydroxylation is 1. The first-order valence-electron chi connectivity index (χ1n) is 10.4. The molecule has 1 amide bonds. The van der Waals surface area contributed by atoms with Crippen molar-refractivity contribution >= 4 is 57.8 Å². The van der Waals surface area contributed by atoms with E-state index in [4.69, 9.17) is 32.6 Å². The lowest BCUT2D eigenvalue weighted by molar-refractivity contribution is -0.122. The van der Waals surface area contributed by atoms with Crippen molar-refractivity contribution in [3.05, 3.63) is 80.9 Å². The first kappa shape index (κ1) is 22.7. The Balaban J connectivity index is 1.63. The molecule has 4 rings (SSSR count). The minimum absolute atomic E-state index is 0.0620. The summed E-state index contributed by atoms with van der Waals surface area (Å²) < 4.78 is 5.96. The van der Waals surface area contributed by atoms with Crippen LogP contribution in [0.4, 0.5) is 5.69 Å². The molecule has 1 saturated heterocycles. The number of hydrogen-bond donors (Lipinski definition) is 0. The monoisotopic (exact) mass is 484 g/mol. The summed E-state index contributed by atoms with van der Waals surface area (Å²) in [6.07, 6.45) is 3.66. The van der Waals surface area contributed by atoms with Gasteiger partial charge >= 0.3 is 0 Å². The third kappa shape index (κ3) is 5.12. The molecule has 7 heteroatoms. The maximum atomic E-state index is 13.1. The number of rotatable bonds is 6. The Morgan fingerprint density at radius 2 is 1.88 bits per heavy atom. The number of amides is 1. The first-order chi connectivity index (χ1) is 15.4. The highest BCUT2D eigenvalue weighted by atomic mass is 35.5. The third-order valence-corrected chi connectivity index (χ3v) is 6.55. The maximum absolute atomic E-state index is 13.1. The quantitative estimate of drug-likeness (QED) is 0.333. The Kier molecular flexibility index (Phi) is 7.09. The maximum Gasteiger partial charge on any atom is 0.266 e. The Bertz CT molecular complexity index is 1200. The van der Waals surface area contributed by atoms with Crippen LogP contribution in [-0.2, 0) is 4.79 Å². The lowest BCUT2D eigenvalue weighted by Gasteiger charge is -2.14. The Morgan fingerprint density at radius 3 is 2.62 bits per heavy atom. The molecular weight excluding hydrogens is 463 g/mol. The van der Waals surface area contributed by atoms with E-state index in [0.717, 1.165) is 18.5 Å². The van der Waals surface area contributed by atoms with Gasteiger partial charge in [-0.25, -0.2) is 4.99 Å². The van der Waals surface area contributed by atoms with Crippen molar-refractivity contribution in [2.24, 2.45) is 4.99 Å². The topological polar surface area (TPSA) is 45.8 Å². The van der Waals surface area contributed by atoms with Crippen LogP contribution >= 0.6 is 35.0 Å². The Morgan fingerprint density at radius 1 is 1.09 bits per heavy atom. The molecule has 0 spiro atoms. The van der Waals surface area contributed by atoms with Crippen molar-refractivity contribution in [2.45, 2.75) is 26.7 Å². The molecule has 2 aromatic carbocycles. The van der Waals surface area contributed by atoms with Crippen LogP contribution in [0.2, 0.25) is 10.0 Å². The van der Waals surface area contributed by atoms with E-state index in [1.807, 2.05) is 43.3 Å². The summed E-state index contributed by atoms with van der Waals surface area (Å²) in [5.74, 6) is 1.10. The van der Waals surface area contributed by atoms with E-state index in [0.29, 0.717) is 43.7 Å². The zero-order valence-corrected chi connectivity index (χ0v) is 20.1. The number of aliphatic imine (C=N–C) groups is 1. The number of benzene rings is 2. The number of thioether (sulfide) groups is 1. The fraction of sp³-hybridized carbons (Fsp3) is 0.200. The van der Waals surface area contributed by atoms with Gasteiger partial charge in [0.25, 0.3) is 5.91 Å². The lowest BCUT2D eigenvalue weighted by Crippen LogP contribution is -2.30. The summed E-state index contributed by atoms with van der Waals surface area (Å²) in [6, 6.07) is 16.8. The van der Waals surface area contributed by atoms with Gasteiger partial charge in [0.15, 0.2) is 5.17 Å². The predicted molar refractivity (Wildman–Crippen MR) is 135 cm³/mol. The van der Waals surface area contributed by atoms with Gasteiger partial charge in [-0.15, -0.1) is 0 Å². The van der Waals surface area contributed by atoms with Gasteiger partial charge in [0.2, 0.25) is 0 Å². The van der Waals surface area contributed by atoms with E-state index in [9.17, 15) is 4.79 Å². The molecule has 0 atom stereocenters. The number of unbranched alkanes of at least 4 members (excludes halogenated alkanes) is 1. The Hall–Kier alpha value is -2.47. The molecule has 0 radical (unpaired) electrons. The average molecular weight is 485 g/mol. The normalized spacial score (nSPS) is 16.5. The van der Waals surface area contributed by atoms with Crippen LogP contribution in [0.3, 0.4) is 0 Å². The molecule has 0 saturated carbocycles. The van der Waals surface area contributed by atoms with E-state index in [1.165, 1.54) is 17.3 Å². The lowest BCUT2D eigenvalue weighted by atomic mass is 10.2. The fourth-order valence-corrected chi connectivity index (χ4v) is 4.61. The third-order valence-electron chi connectivity index (χ3n) is 4.98. The molecule has 32 heavy (non-hydrogen) atoms. The number of furan rings is 1. The summed E-state index contributed by atoms with van der Waals surface area (Å²) in [5.41, 5.74) is 2.70. The van der Waals surface area contributed by atoms with Crippen LogP contribution in [-0.4, -0.2) is 22.5 Å². The summed E-state index contributed by atoms with van der Waals surface area (Å²) >= 11 is 13.8. The molecule has 0 unspecified atom stereocenters. The zero-order chi connectivity index (χ0) is 22.7. The minimum Gasteiger partial charge on any atom is -0.457 e. The highest BCUT2D eigenvalue weighted by Gasteiger charge is 2.33. The summed E-state index contributed by atoms with van der Waals surface area (Å²) in [5, 5.41) is 1.81. The van der Waals surface area contributed by atoms with Crippen LogP contribution in [0.5, 0.6) is 0 Å². The number of carbonyl (C=O) groups excluding carboxylic acids is 1. The summed E-state index contributed by atoms with van der Waals surface area (Å²) in [4.78, 5) is 20.2. The smallest absolute Gasteiger partial charge is 0.266 e. The van der Waals surface area contributed by atoms with Crippen LogP contribution < -0.4 is 0 Å². The van der Waals surface area contributed by atoms with Gasteiger partial charge in [-0.1, -0.05) is 54.2 Å². The van der Waals surface area contributed by atoms with E-state index in [-0.39, 0.29) is 5.91 Å². The van der Waals surface area contributed by atoms with Crippen molar-refractivity contribution in [3.63, 3.8) is 0 Å². The molecule has 0 bridgehead atoms. The van der Waals surface area contributed by atoms with E-state index in [1.54, 1.807) is 29.2 Å². The predicted octanol–water partition coefficient (Wildman–Crippen LogP) is 7.97. The minimum atomic E-state index is -0.0620. The molecule has 3 aromatic rings. The molecule has 0 N–H and O–H groups in total. The Labute approximate surface area is 201 Å². The largest absolute Gasteiger partial charge is 0.457 e. The molecule has 164 valence electrons. The highest BCUT2D eigenvalue weighted by Crippen LogP contribution is 2.36. The van der Waals surface area contributed by atoms with Gasteiger partial charge in [0, 0.05) is 23.2 Å². The second-order valence-electron chi connectivity index (χ2n) is 7.48. The van der Waals surface area contributed by atoms with Crippen molar-refractivity contribution in [1.29, 1.82) is 0 Å². The summed E-state index contributed by atoms with van der Waals surface area (Å²) in [7, 11) is 0. The fourth-order valence-electron chi connectivity index (χ4n) is 3.23. The first-order valence-corrected chi connectivity index (χ1v) is 11.9. The van der Waals surface area contributed by atoms with Crippen LogP contribution in [0.25, 0.3) is 17.4 Å². The number of hydrogen-bond acceptors (Lipinski definition) is 4. The molecule has 2 heterocycles. The SMILES string of the molecule is CCCCN1C(=O)/C(=C\c2ccc(-c3cc(Cl)ccc3Cl)o2)SC1=Nc1ccc(C)cc1. The van der Waals surface area contributed by atoms with Crippen LogP contribution in [0, 0.1) is 6.92 Å². The molecule has 1 fully saturated rings. The van der Waals surface area contributed by atoms with Crippen LogP contribution in [0.1, 0.15) is 31.1 Å². The van der Waals surface area contributed by atoms with Gasteiger partial charge in [-0.05, 0) is 67.6 Å². The van der Waals surface area contributed by atoms with Crippen molar-refractivity contribution in [3.8, 4) is 11.3 Å². The number of amidine groups is 1. The number of carbonyl (C=O) groups is 1. The zero-order valence-electron chi connectivity index (χ0n) is 17.8. The van der Waals surface area contributed by atoms with Gasteiger partial charge in [0.1, 0.15) is 11.5 Å². The number of nitrogens with zero attached hydrogens (tertiary/aromatic N) is 2. The second-order valence-corrected chi connectivity index (χ2v) is 9.33.